The molecular formula is C15H26FN3O. The lowest BCUT2D eigenvalue weighted by Gasteiger charge is -2.27. The van der Waals surface area contributed by atoms with Gasteiger partial charge in [-0.3, -0.25) is 0 Å². The summed E-state index contributed by atoms with van der Waals surface area (Å²) in [5.74, 6) is 1.06. The molecule has 1 heterocycles. The second kappa shape index (κ2) is 8.87. The number of ether oxygens (including phenoxy) is 1. The number of nitrogens with one attached hydrogen (secondary N) is 1. The van der Waals surface area contributed by atoms with Crippen molar-refractivity contribution >= 4 is 5.82 Å². The van der Waals surface area contributed by atoms with Gasteiger partial charge in [0, 0.05) is 32.3 Å². The van der Waals surface area contributed by atoms with Crippen LogP contribution in [0.15, 0.2) is 12.3 Å². The number of hydrogen-bond acceptors (Lipinski definition) is 4. The zero-order valence-electron chi connectivity index (χ0n) is 12.9. The molecule has 0 atom stereocenters. The van der Waals surface area contributed by atoms with E-state index in [-0.39, 0.29) is 5.82 Å². The van der Waals surface area contributed by atoms with Gasteiger partial charge in [-0.2, -0.15) is 0 Å². The largest absolute Gasteiger partial charge is 0.383 e. The van der Waals surface area contributed by atoms with Crippen LogP contribution in [-0.2, 0) is 11.3 Å². The highest BCUT2D eigenvalue weighted by Crippen LogP contribution is 2.19. The molecule has 0 radical (unpaired) electrons. The average molecular weight is 283 g/mol. The molecule has 5 heteroatoms. The number of halogens is 1. The Bertz CT molecular complexity index is 399. The van der Waals surface area contributed by atoms with E-state index >= 15 is 0 Å². The third kappa shape index (κ3) is 5.43. The monoisotopic (exact) mass is 283 g/mol. The van der Waals surface area contributed by atoms with Crippen molar-refractivity contribution in [2.75, 3.05) is 38.3 Å². The molecule has 0 unspecified atom stereocenters. The zero-order valence-corrected chi connectivity index (χ0v) is 12.9. The van der Waals surface area contributed by atoms with Crippen molar-refractivity contribution in [2.24, 2.45) is 5.92 Å². The maximum Gasteiger partial charge on any atom is 0.141 e. The molecule has 0 spiro atoms. The van der Waals surface area contributed by atoms with Gasteiger partial charge < -0.3 is 15.0 Å². The number of hydrogen-bond donors (Lipinski definition) is 1. The molecule has 1 aromatic rings. The fourth-order valence-corrected chi connectivity index (χ4v) is 2.07. The van der Waals surface area contributed by atoms with Crippen LogP contribution in [0.4, 0.5) is 10.2 Å². The number of pyridine rings is 1. The Hall–Kier alpha value is -1.20. The first-order chi connectivity index (χ1) is 9.58. The molecule has 1 aromatic heterocycles. The Labute approximate surface area is 121 Å². The van der Waals surface area contributed by atoms with Crippen molar-refractivity contribution in [1.82, 2.24) is 10.3 Å². The van der Waals surface area contributed by atoms with Crippen LogP contribution in [0.3, 0.4) is 0 Å². The van der Waals surface area contributed by atoms with Crippen LogP contribution in [0.5, 0.6) is 0 Å². The molecule has 0 fully saturated rings. The van der Waals surface area contributed by atoms with Gasteiger partial charge in [0.25, 0.3) is 0 Å². The predicted octanol–water partition coefficient (Wildman–Crippen LogP) is 2.44. The van der Waals surface area contributed by atoms with Crippen LogP contribution < -0.4 is 10.2 Å². The Morgan fingerprint density at radius 1 is 1.45 bits per heavy atom. The van der Waals surface area contributed by atoms with E-state index in [4.69, 9.17) is 4.74 Å². The molecule has 1 rings (SSSR count). The SMILES string of the molecule is CCNCc1cc(F)cnc1N(CCOC)CC(C)C. The van der Waals surface area contributed by atoms with E-state index in [9.17, 15) is 4.39 Å². The molecule has 0 amide bonds. The van der Waals surface area contributed by atoms with E-state index in [1.165, 1.54) is 6.20 Å². The van der Waals surface area contributed by atoms with Crippen LogP contribution in [0.25, 0.3) is 0 Å². The summed E-state index contributed by atoms with van der Waals surface area (Å²) in [6.45, 7) is 10.1. The number of methoxy groups -OCH3 is 1. The number of anilines is 1. The third-order valence-electron chi connectivity index (χ3n) is 2.93. The lowest BCUT2D eigenvalue weighted by atomic mass is 10.1. The average Bonchev–Trinajstić information content (AvgIpc) is 2.41. The Morgan fingerprint density at radius 2 is 2.20 bits per heavy atom. The van der Waals surface area contributed by atoms with Crippen molar-refractivity contribution in [3.63, 3.8) is 0 Å². The standard InChI is InChI=1S/C15H26FN3O/c1-5-17-9-13-8-14(16)10-18-15(13)19(6-7-20-4)11-12(2)3/h8,10,12,17H,5-7,9,11H2,1-4H3. The maximum atomic E-state index is 13.4. The predicted molar refractivity (Wildman–Crippen MR) is 80.5 cm³/mol. The molecule has 0 saturated carbocycles. The highest BCUT2D eigenvalue weighted by molar-refractivity contribution is 5.47. The Kier molecular flexibility index (Phi) is 7.47. The van der Waals surface area contributed by atoms with Crippen molar-refractivity contribution < 1.29 is 9.13 Å². The van der Waals surface area contributed by atoms with E-state index in [2.05, 4.69) is 29.0 Å². The van der Waals surface area contributed by atoms with Gasteiger partial charge in [-0.05, 0) is 18.5 Å². The van der Waals surface area contributed by atoms with Crippen LogP contribution in [0.1, 0.15) is 26.3 Å². The van der Waals surface area contributed by atoms with Crippen LogP contribution in [-0.4, -0.2) is 38.3 Å². The minimum absolute atomic E-state index is 0.294. The lowest BCUT2D eigenvalue weighted by molar-refractivity contribution is 0.204. The van der Waals surface area contributed by atoms with Gasteiger partial charge in [0.1, 0.15) is 11.6 Å². The summed E-state index contributed by atoms with van der Waals surface area (Å²) in [5, 5.41) is 3.23. The Morgan fingerprint density at radius 3 is 2.80 bits per heavy atom. The number of aromatic nitrogens is 1. The van der Waals surface area contributed by atoms with E-state index in [1.54, 1.807) is 13.2 Å². The second-order valence-corrected chi connectivity index (χ2v) is 5.25. The normalized spacial score (nSPS) is 11.1. The highest BCUT2D eigenvalue weighted by atomic mass is 19.1. The molecule has 0 aliphatic heterocycles. The van der Waals surface area contributed by atoms with Gasteiger partial charge in [0.05, 0.1) is 12.8 Å². The quantitative estimate of drug-likeness (QED) is 0.755. The summed E-state index contributed by atoms with van der Waals surface area (Å²) in [4.78, 5) is 6.46. The summed E-state index contributed by atoms with van der Waals surface area (Å²) in [5.41, 5.74) is 0.892. The van der Waals surface area contributed by atoms with Gasteiger partial charge in [-0.1, -0.05) is 20.8 Å². The number of rotatable bonds is 9. The zero-order chi connectivity index (χ0) is 15.0. The van der Waals surface area contributed by atoms with Gasteiger partial charge in [-0.15, -0.1) is 0 Å². The summed E-state index contributed by atoms with van der Waals surface area (Å²) in [6.07, 6.45) is 1.28. The maximum absolute atomic E-state index is 13.4. The molecule has 0 aliphatic rings. The molecule has 114 valence electrons. The molecule has 0 bridgehead atoms. The van der Waals surface area contributed by atoms with E-state index < -0.39 is 0 Å². The smallest absolute Gasteiger partial charge is 0.141 e. The molecule has 4 nitrogen and oxygen atoms in total. The van der Waals surface area contributed by atoms with Gasteiger partial charge >= 0.3 is 0 Å². The summed E-state index contributed by atoms with van der Waals surface area (Å²) in [7, 11) is 1.69. The molecule has 0 saturated heterocycles. The minimum atomic E-state index is -0.294. The second-order valence-electron chi connectivity index (χ2n) is 5.25. The van der Waals surface area contributed by atoms with Crippen LogP contribution in [0, 0.1) is 11.7 Å². The first kappa shape index (κ1) is 16.9. The van der Waals surface area contributed by atoms with E-state index in [0.717, 1.165) is 31.0 Å². The van der Waals surface area contributed by atoms with Gasteiger partial charge in [0.2, 0.25) is 0 Å². The van der Waals surface area contributed by atoms with Crippen LogP contribution >= 0.6 is 0 Å². The van der Waals surface area contributed by atoms with E-state index in [1.807, 2.05) is 6.92 Å². The van der Waals surface area contributed by atoms with Crippen molar-refractivity contribution in [3.8, 4) is 0 Å². The molecular weight excluding hydrogens is 257 g/mol. The van der Waals surface area contributed by atoms with Gasteiger partial charge in [-0.25, -0.2) is 9.37 Å². The topological polar surface area (TPSA) is 37.4 Å². The lowest BCUT2D eigenvalue weighted by Crippen LogP contribution is -2.33. The number of nitrogens with zero attached hydrogens (tertiary/aromatic N) is 2. The van der Waals surface area contributed by atoms with Gasteiger partial charge in [0.15, 0.2) is 0 Å². The third-order valence-corrected chi connectivity index (χ3v) is 2.93. The summed E-state index contributed by atoms with van der Waals surface area (Å²) < 4.78 is 18.6. The fraction of sp³-hybridized carbons (Fsp3) is 0.667. The molecule has 20 heavy (non-hydrogen) atoms. The molecule has 0 aliphatic carbocycles. The first-order valence-corrected chi connectivity index (χ1v) is 7.17. The highest BCUT2D eigenvalue weighted by Gasteiger charge is 2.15. The van der Waals surface area contributed by atoms with E-state index in [0.29, 0.717) is 19.1 Å². The first-order valence-electron chi connectivity index (χ1n) is 7.17. The Balaban J connectivity index is 2.96. The van der Waals surface area contributed by atoms with Crippen molar-refractivity contribution in [1.29, 1.82) is 0 Å². The summed E-state index contributed by atoms with van der Waals surface area (Å²) in [6, 6.07) is 1.56. The molecule has 0 aromatic carbocycles. The van der Waals surface area contributed by atoms with Crippen molar-refractivity contribution in [2.45, 2.75) is 27.3 Å². The van der Waals surface area contributed by atoms with Crippen LogP contribution in [0.2, 0.25) is 0 Å². The molecule has 1 N–H and O–H groups in total. The fourth-order valence-electron chi connectivity index (χ4n) is 2.07. The minimum Gasteiger partial charge on any atom is -0.383 e. The summed E-state index contributed by atoms with van der Waals surface area (Å²) >= 11 is 0. The van der Waals surface area contributed by atoms with Crippen molar-refractivity contribution in [3.05, 3.63) is 23.6 Å².